The van der Waals surface area contributed by atoms with Crippen molar-refractivity contribution in [3.05, 3.63) is 17.5 Å². The number of piperidine rings is 1. The summed E-state index contributed by atoms with van der Waals surface area (Å²) in [5.41, 5.74) is 1.18. The molecule has 0 aliphatic carbocycles. The molecule has 0 radical (unpaired) electrons. The van der Waals surface area contributed by atoms with Crippen LogP contribution in [-0.4, -0.2) is 88.7 Å². The van der Waals surface area contributed by atoms with Gasteiger partial charge in [-0.05, 0) is 32.8 Å². The fourth-order valence-corrected chi connectivity index (χ4v) is 3.88. The third-order valence-electron chi connectivity index (χ3n) is 5.70. The van der Waals surface area contributed by atoms with Crippen LogP contribution in [0, 0.1) is 0 Å². The van der Waals surface area contributed by atoms with E-state index in [1.807, 2.05) is 29.5 Å². The molecular weight excluding hydrogens is 346 g/mol. The van der Waals surface area contributed by atoms with Crippen molar-refractivity contribution in [2.24, 2.45) is 0 Å². The van der Waals surface area contributed by atoms with Gasteiger partial charge in [0.25, 0.3) is 5.91 Å². The van der Waals surface area contributed by atoms with E-state index in [1.165, 1.54) is 4.90 Å². The zero-order chi connectivity index (χ0) is 19.6. The highest BCUT2D eigenvalue weighted by Gasteiger charge is 2.40. The van der Waals surface area contributed by atoms with Crippen molar-refractivity contribution in [1.29, 1.82) is 0 Å². The van der Waals surface area contributed by atoms with Crippen LogP contribution in [0.3, 0.4) is 0 Å². The molecular formula is C19H31N5O3. The zero-order valence-corrected chi connectivity index (χ0v) is 16.9. The lowest BCUT2D eigenvalue weighted by Gasteiger charge is -2.43. The summed E-state index contributed by atoms with van der Waals surface area (Å²) < 4.78 is 8.15. The molecule has 8 heteroatoms. The van der Waals surface area contributed by atoms with Gasteiger partial charge < -0.3 is 14.5 Å². The van der Waals surface area contributed by atoms with Crippen LogP contribution in [0.2, 0.25) is 0 Å². The zero-order valence-electron chi connectivity index (χ0n) is 16.9. The smallest absolute Gasteiger partial charge is 0.273 e. The lowest BCUT2D eigenvalue weighted by molar-refractivity contribution is -0.138. The minimum atomic E-state index is -0.244. The Morgan fingerprint density at radius 3 is 2.48 bits per heavy atom. The number of carbonyl (C=O) groups excluding carboxylic acids is 2. The SMILES string of the molecule is CCN(CC)C(=O)CN1CCC2(CC1)Cn1nc(C(=O)N(C)C)cc1CO2. The van der Waals surface area contributed by atoms with E-state index >= 15 is 0 Å². The number of likely N-dealkylation sites (N-methyl/N-ethyl adjacent to an activating group) is 1. The second-order valence-electron chi connectivity index (χ2n) is 7.69. The largest absolute Gasteiger partial charge is 0.367 e. The van der Waals surface area contributed by atoms with Crippen LogP contribution in [0.4, 0.5) is 0 Å². The van der Waals surface area contributed by atoms with Crippen molar-refractivity contribution >= 4 is 11.8 Å². The van der Waals surface area contributed by atoms with E-state index in [0.29, 0.717) is 25.4 Å². The van der Waals surface area contributed by atoms with E-state index < -0.39 is 0 Å². The van der Waals surface area contributed by atoms with E-state index in [9.17, 15) is 9.59 Å². The summed E-state index contributed by atoms with van der Waals surface area (Å²) >= 11 is 0. The highest BCUT2D eigenvalue weighted by molar-refractivity contribution is 5.92. The Morgan fingerprint density at radius 2 is 1.89 bits per heavy atom. The Morgan fingerprint density at radius 1 is 1.22 bits per heavy atom. The summed E-state index contributed by atoms with van der Waals surface area (Å²) in [6.45, 7) is 8.84. The number of hydrogen-bond acceptors (Lipinski definition) is 5. The third-order valence-corrected chi connectivity index (χ3v) is 5.70. The Labute approximate surface area is 161 Å². The maximum absolute atomic E-state index is 12.3. The fraction of sp³-hybridized carbons (Fsp3) is 0.737. The van der Waals surface area contributed by atoms with E-state index in [4.69, 9.17) is 4.74 Å². The van der Waals surface area contributed by atoms with Gasteiger partial charge in [0.1, 0.15) is 0 Å². The van der Waals surface area contributed by atoms with Crippen molar-refractivity contribution in [3.8, 4) is 0 Å². The second-order valence-corrected chi connectivity index (χ2v) is 7.69. The molecule has 0 N–H and O–H groups in total. The quantitative estimate of drug-likeness (QED) is 0.760. The lowest BCUT2D eigenvalue weighted by Crippen LogP contribution is -2.52. The number of aromatic nitrogens is 2. The van der Waals surface area contributed by atoms with Gasteiger partial charge in [-0.1, -0.05) is 0 Å². The minimum absolute atomic E-state index is 0.0873. The minimum Gasteiger partial charge on any atom is -0.367 e. The van der Waals surface area contributed by atoms with Crippen molar-refractivity contribution in [3.63, 3.8) is 0 Å². The molecule has 1 spiro atoms. The number of likely N-dealkylation sites (tertiary alicyclic amines) is 1. The maximum Gasteiger partial charge on any atom is 0.273 e. The van der Waals surface area contributed by atoms with Crippen molar-refractivity contribution in [2.75, 3.05) is 46.8 Å². The number of hydrogen-bond donors (Lipinski definition) is 0. The van der Waals surface area contributed by atoms with Crippen molar-refractivity contribution in [2.45, 2.75) is 45.4 Å². The first-order valence-corrected chi connectivity index (χ1v) is 9.80. The number of rotatable bonds is 5. The Kier molecular flexibility index (Phi) is 5.86. The van der Waals surface area contributed by atoms with Crippen LogP contribution < -0.4 is 0 Å². The predicted octanol–water partition coefficient (Wildman–Crippen LogP) is 0.818. The fourth-order valence-electron chi connectivity index (χ4n) is 3.88. The van der Waals surface area contributed by atoms with Gasteiger partial charge >= 0.3 is 0 Å². The monoisotopic (exact) mass is 377 g/mol. The molecule has 1 fully saturated rings. The van der Waals surface area contributed by atoms with Crippen LogP contribution in [0.15, 0.2) is 6.07 Å². The average Bonchev–Trinajstić information content (AvgIpc) is 3.07. The summed E-state index contributed by atoms with van der Waals surface area (Å²) in [5.74, 6) is 0.109. The van der Waals surface area contributed by atoms with Gasteiger partial charge in [0, 0.05) is 40.3 Å². The molecule has 1 saturated heterocycles. The van der Waals surface area contributed by atoms with E-state index in [2.05, 4.69) is 10.00 Å². The molecule has 0 saturated carbocycles. The third kappa shape index (κ3) is 4.16. The lowest BCUT2D eigenvalue weighted by atomic mass is 9.90. The summed E-state index contributed by atoms with van der Waals surface area (Å²) in [7, 11) is 3.46. The molecule has 2 aliphatic heterocycles. The summed E-state index contributed by atoms with van der Waals surface area (Å²) in [6.07, 6.45) is 1.74. The second kappa shape index (κ2) is 7.98. The van der Waals surface area contributed by atoms with Gasteiger partial charge in [0.15, 0.2) is 5.69 Å². The molecule has 2 aliphatic rings. The molecule has 2 amide bonds. The number of carbonyl (C=O) groups is 2. The molecule has 1 aromatic rings. The highest BCUT2D eigenvalue weighted by Crippen LogP contribution is 2.33. The van der Waals surface area contributed by atoms with Crippen LogP contribution >= 0.6 is 0 Å². The molecule has 150 valence electrons. The Bertz CT molecular complexity index is 688. The molecule has 0 unspecified atom stereocenters. The molecule has 0 atom stereocenters. The number of nitrogens with zero attached hydrogens (tertiary/aromatic N) is 5. The predicted molar refractivity (Wildman–Crippen MR) is 101 cm³/mol. The summed E-state index contributed by atoms with van der Waals surface area (Å²) in [6, 6.07) is 1.83. The topological polar surface area (TPSA) is 70.9 Å². The maximum atomic E-state index is 12.3. The standard InChI is InChI=1S/C19H31N5O3/c1-5-23(6-2)17(25)12-22-9-7-19(8-10-22)14-24-15(13-27-19)11-16(20-24)18(26)21(3)4/h11H,5-10,12-14H2,1-4H3. The van der Waals surface area contributed by atoms with Gasteiger partial charge in [-0.25, -0.2) is 0 Å². The van der Waals surface area contributed by atoms with Gasteiger partial charge in [-0.15, -0.1) is 0 Å². The number of amides is 2. The molecule has 3 heterocycles. The first-order chi connectivity index (χ1) is 12.9. The van der Waals surface area contributed by atoms with Crippen molar-refractivity contribution in [1.82, 2.24) is 24.5 Å². The summed E-state index contributed by atoms with van der Waals surface area (Å²) in [4.78, 5) is 30.1. The van der Waals surface area contributed by atoms with Crippen LogP contribution in [0.25, 0.3) is 0 Å². The number of fused-ring (bicyclic) bond motifs is 1. The van der Waals surface area contributed by atoms with E-state index in [1.54, 1.807) is 14.1 Å². The van der Waals surface area contributed by atoms with Gasteiger partial charge in [0.05, 0.1) is 31.0 Å². The van der Waals surface area contributed by atoms with Gasteiger partial charge in [-0.3, -0.25) is 19.2 Å². The highest BCUT2D eigenvalue weighted by atomic mass is 16.5. The summed E-state index contributed by atoms with van der Waals surface area (Å²) in [5, 5.41) is 4.51. The number of ether oxygens (including phenoxy) is 1. The molecule has 0 bridgehead atoms. The van der Waals surface area contributed by atoms with Crippen LogP contribution in [0.1, 0.15) is 42.9 Å². The molecule has 27 heavy (non-hydrogen) atoms. The first-order valence-electron chi connectivity index (χ1n) is 9.80. The normalized spacial score (nSPS) is 19.0. The molecule has 0 aromatic carbocycles. The molecule has 8 nitrogen and oxygen atoms in total. The van der Waals surface area contributed by atoms with Crippen LogP contribution in [0.5, 0.6) is 0 Å². The van der Waals surface area contributed by atoms with Gasteiger partial charge in [0.2, 0.25) is 5.91 Å². The van der Waals surface area contributed by atoms with Crippen LogP contribution in [-0.2, 0) is 22.7 Å². The average molecular weight is 377 g/mol. The molecule has 3 rings (SSSR count). The van der Waals surface area contributed by atoms with E-state index in [-0.39, 0.29) is 17.4 Å². The van der Waals surface area contributed by atoms with Gasteiger partial charge in [-0.2, -0.15) is 5.10 Å². The first kappa shape index (κ1) is 19.8. The molecule has 1 aromatic heterocycles. The Balaban J connectivity index is 1.59. The Hall–Kier alpha value is -1.93. The van der Waals surface area contributed by atoms with Crippen molar-refractivity contribution < 1.29 is 14.3 Å². The van der Waals surface area contributed by atoms with E-state index in [0.717, 1.165) is 44.7 Å².